The van der Waals surface area contributed by atoms with Gasteiger partial charge in [0.05, 0.1) is 42.5 Å². The van der Waals surface area contributed by atoms with Gasteiger partial charge in [-0.2, -0.15) is 0 Å². The van der Waals surface area contributed by atoms with Crippen LogP contribution in [0.4, 0.5) is 0 Å². The van der Waals surface area contributed by atoms with Gasteiger partial charge in [-0.05, 0) is 78.5 Å². The van der Waals surface area contributed by atoms with Gasteiger partial charge in [-0.15, -0.1) is 0 Å². The summed E-state index contributed by atoms with van der Waals surface area (Å²) >= 11 is 0. The molecule has 3 heterocycles. The van der Waals surface area contributed by atoms with Crippen molar-refractivity contribution in [3.8, 4) is 0 Å². The van der Waals surface area contributed by atoms with Gasteiger partial charge in [-0.1, -0.05) is 56.7 Å². The maximum Gasteiger partial charge on any atom is 0.336 e. The molecule has 0 aliphatic carbocycles. The van der Waals surface area contributed by atoms with E-state index in [4.69, 9.17) is 33.2 Å². The molecule has 0 aromatic rings. The molecule has 0 radical (unpaired) electrons. The lowest BCUT2D eigenvalue weighted by atomic mass is 9.88. The Hall–Kier alpha value is -2.80. The molecule has 15 nitrogen and oxygen atoms in total. The molecule has 14 atom stereocenters. The second-order valence-corrected chi connectivity index (χ2v) is 16.5. The second-order valence-electron chi connectivity index (χ2n) is 16.5. The van der Waals surface area contributed by atoms with E-state index in [-0.39, 0.29) is 30.9 Å². The molecule has 15 heteroatoms. The van der Waals surface area contributed by atoms with Crippen LogP contribution in [0.5, 0.6) is 0 Å². The Bertz CT molecular complexity index is 1510. The number of rotatable bonds is 10. The molecule has 0 aromatic heterocycles. The molecule has 0 saturated carbocycles. The van der Waals surface area contributed by atoms with E-state index in [0.29, 0.717) is 12.0 Å². The summed E-state index contributed by atoms with van der Waals surface area (Å²) in [5.41, 5.74) is 0.924. The number of hydrogen-bond donors (Lipinski definition) is 6. The average Bonchev–Trinajstić information content (AvgIpc) is 3.15. The van der Waals surface area contributed by atoms with Gasteiger partial charge >= 0.3 is 11.9 Å². The maximum atomic E-state index is 13.6. The van der Waals surface area contributed by atoms with E-state index < -0.39 is 103 Å². The third-order valence-corrected chi connectivity index (χ3v) is 10.8. The van der Waals surface area contributed by atoms with E-state index in [1.54, 1.807) is 59.8 Å². The van der Waals surface area contributed by atoms with E-state index in [0.717, 1.165) is 11.1 Å². The fourth-order valence-electron chi connectivity index (χ4n) is 7.00. The molecular weight excluding hydrogens is 756 g/mol. The number of aliphatic hydroxyl groups excluding tert-OH is 6. The minimum absolute atomic E-state index is 0.0591. The minimum atomic E-state index is -1.57. The molecule has 0 aromatic carbocycles. The Labute approximate surface area is 342 Å². The first kappa shape index (κ1) is 49.6. The number of carbonyl (C=O) groups excluding carboxylic acids is 2. The molecule has 2 fully saturated rings. The Morgan fingerprint density at radius 3 is 2.24 bits per heavy atom. The fraction of sp³-hybridized carbons (Fsp3) is 0.721. The number of aliphatic hydroxyl groups is 6. The predicted octanol–water partition coefficient (Wildman–Crippen LogP) is 3.09. The van der Waals surface area contributed by atoms with Crippen LogP contribution in [-0.4, -0.2) is 142 Å². The zero-order valence-electron chi connectivity index (χ0n) is 35.8. The maximum absolute atomic E-state index is 13.6. The highest BCUT2D eigenvalue weighted by Gasteiger charge is 2.53. The van der Waals surface area contributed by atoms with Crippen molar-refractivity contribution < 1.29 is 73.4 Å². The first-order valence-corrected chi connectivity index (χ1v) is 20.1. The first-order valence-electron chi connectivity index (χ1n) is 20.1. The standard InChI is InChI=1S/C43H68O15/c1-12-28-20-24(5)30(45)16-14-13-15-29(21-53-42-37(52-11)33(47)32(46)27(8)54-42)40(51)55-31(26(7)44)18-17-23(4)19-25(6)36(28)56-41-35(49)34(48)38(43(9,10)58-41)57-39(50)22(2)3/h13-15,17,19-20,22,26-28,30-38,41-42,44-49H,12,16,18,21H2,1-11H3/b14-13+,23-17+,24-20+,25-19+,29-15+/t26-,27-,28+,30+,31+,32?,33+,34-,35+,36+,37+,38+,41-,42-/m1/s1. The van der Waals surface area contributed by atoms with E-state index in [9.17, 15) is 40.2 Å². The van der Waals surface area contributed by atoms with Crippen LogP contribution in [0.2, 0.25) is 0 Å². The van der Waals surface area contributed by atoms with E-state index in [2.05, 4.69) is 0 Å². The first-order chi connectivity index (χ1) is 27.1. The summed E-state index contributed by atoms with van der Waals surface area (Å²) in [6.45, 7) is 16.8. The third kappa shape index (κ3) is 13.1. The molecular formula is C43H68O15. The van der Waals surface area contributed by atoms with Crippen LogP contribution in [0, 0.1) is 11.8 Å². The van der Waals surface area contributed by atoms with Crippen LogP contribution in [0.1, 0.15) is 88.5 Å². The van der Waals surface area contributed by atoms with Gasteiger partial charge in [-0.25, -0.2) is 4.79 Å². The normalized spacial score (nSPS) is 40.5. The van der Waals surface area contributed by atoms with Crippen LogP contribution in [0.15, 0.2) is 58.7 Å². The van der Waals surface area contributed by atoms with Crippen molar-refractivity contribution in [3.05, 3.63) is 58.7 Å². The topological polar surface area (TPSA) is 220 Å². The number of ether oxygens (including phenoxy) is 7. The number of hydrogen-bond acceptors (Lipinski definition) is 15. The van der Waals surface area contributed by atoms with Crippen molar-refractivity contribution >= 4 is 11.9 Å². The van der Waals surface area contributed by atoms with Crippen molar-refractivity contribution in [2.24, 2.45) is 11.8 Å². The van der Waals surface area contributed by atoms with Crippen molar-refractivity contribution in [1.29, 1.82) is 0 Å². The monoisotopic (exact) mass is 824 g/mol. The highest BCUT2D eigenvalue weighted by Crippen LogP contribution is 2.36. The van der Waals surface area contributed by atoms with Crippen molar-refractivity contribution in [2.45, 2.75) is 174 Å². The van der Waals surface area contributed by atoms with Crippen LogP contribution in [-0.2, 0) is 42.7 Å². The quantitative estimate of drug-likeness (QED) is 0.138. The second kappa shape index (κ2) is 22.2. The van der Waals surface area contributed by atoms with Gasteiger partial charge in [0.2, 0.25) is 0 Å². The van der Waals surface area contributed by atoms with Gasteiger partial charge in [0, 0.05) is 19.4 Å². The predicted molar refractivity (Wildman–Crippen MR) is 213 cm³/mol. The molecule has 58 heavy (non-hydrogen) atoms. The summed E-state index contributed by atoms with van der Waals surface area (Å²) in [7, 11) is 1.34. The number of carbonyl (C=O) groups is 2. The van der Waals surface area contributed by atoms with Gasteiger partial charge in [0.1, 0.15) is 42.2 Å². The van der Waals surface area contributed by atoms with E-state index >= 15 is 0 Å². The number of cyclic esters (lactones) is 1. The lowest BCUT2D eigenvalue weighted by Gasteiger charge is -2.47. The lowest BCUT2D eigenvalue weighted by Crippen LogP contribution is -2.64. The number of esters is 2. The Kier molecular flexibility index (Phi) is 18.9. The van der Waals surface area contributed by atoms with Crippen molar-refractivity contribution in [3.63, 3.8) is 0 Å². The summed E-state index contributed by atoms with van der Waals surface area (Å²) in [5.74, 6) is -2.12. The van der Waals surface area contributed by atoms with Crippen LogP contribution >= 0.6 is 0 Å². The fourth-order valence-corrected chi connectivity index (χ4v) is 7.00. The summed E-state index contributed by atoms with van der Waals surface area (Å²) in [4.78, 5) is 26.1. The molecule has 0 amide bonds. The number of methoxy groups -OCH3 is 1. The molecule has 6 N–H and O–H groups in total. The van der Waals surface area contributed by atoms with Gasteiger partial charge < -0.3 is 63.8 Å². The van der Waals surface area contributed by atoms with E-state index in [1.807, 2.05) is 32.9 Å². The van der Waals surface area contributed by atoms with Gasteiger partial charge in [0.15, 0.2) is 18.7 Å². The summed E-state index contributed by atoms with van der Waals surface area (Å²) < 4.78 is 41.1. The summed E-state index contributed by atoms with van der Waals surface area (Å²) in [6, 6.07) is 0. The zero-order valence-corrected chi connectivity index (χ0v) is 35.8. The largest absolute Gasteiger partial charge is 0.456 e. The number of allylic oxidation sites excluding steroid dienone is 4. The molecule has 1 unspecified atom stereocenters. The molecule has 3 rings (SSSR count). The van der Waals surface area contributed by atoms with Crippen LogP contribution in [0.3, 0.4) is 0 Å². The molecule has 0 bridgehead atoms. The summed E-state index contributed by atoms with van der Waals surface area (Å²) in [6.07, 6.45) is -3.54. The summed E-state index contributed by atoms with van der Waals surface area (Å²) in [5, 5.41) is 65.2. The molecule has 3 aliphatic rings. The minimum Gasteiger partial charge on any atom is -0.456 e. The molecule has 3 aliphatic heterocycles. The highest BCUT2D eigenvalue weighted by molar-refractivity contribution is 5.89. The van der Waals surface area contributed by atoms with Crippen molar-refractivity contribution in [1.82, 2.24) is 0 Å². The zero-order chi connectivity index (χ0) is 43.6. The Morgan fingerprint density at radius 2 is 1.64 bits per heavy atom. The van der Waals surface area contributed by atoms with Crippen LogP contribution < -0.4 is 0 Å². The van der Waals surface area contributed by atoms with Gasteiger partial charge in [0.25, 0.3) is 0 Å². The van der Waals surface area contributed by atoms with E-state index in [1.165, 1.54) is 20.1 Å². The van der Waals surface area contributed by atoms with Crippen molar-refractivity contribution in [2.75, 3.05) is 13.7 Å². The lowest BCUT2D eigenvalue weighted by molar-refractivity contribution is -0.333. The van der Waals surface area contributed by atoms with Gasteiger partial charge in [-0.3, -0.25) is 4.79 Å². The highest BCUT2D eigenvalue weighted by atomic mass is 16.7. The molecule has 330 valence electrons. The van der Waals surface area contributed by atoms with Crippen LogP contribution in [0.25, 0.3) is 0 Å². The Morgan fingerprint density at radius 1 is 0.966 bits per heavy atom. The molecule has 0 spiro atoms. The third-order valence-electron chi connectivity index (χ3n) is 10.8. The Balaban J connectivity index is 1.98. The SMILES string of the molecule is CC[C@H]1/C=C(\C)[C@@H](O)C/C=C/C=C(\CO[C@@H]2O[C@H](C)C(O)[C@H](O)[C@@H]2OC)C(=O)O[C@H]([C@@H](C)O)C/C=C(C)/C=C(\C)[C@@H]1O[C@@H]1OC(C)(C)[C@@H](OC(=O)C(C)C)[C@H](O)[C@@H]1O. The smallest absolute Gasteiger partial charge is 0.336 e. The molecule has 2 saturated heterocycles. The average molecular weight is 825 g/mol.